The van der Waals surface area contributed by atoms with Crippen molar-refractivity contribution in [2.45, 2.75) is 72.1 Å². The van der Waals surface area contributed by atoms with E-state index in [2.05, 4.69) is 149 Å². The number of hydrogen-bond acceptors (Lipinski definition) is 4. The molecule has 5 heteroatoms. The van der Waals surface area contributed by atoms with E-state index in [1.807, 2.05) is 31.0 Å². The summed E-state index contributed by atoms with van der Waals surface area (Å²) in [5.74, 6) is 8.33. The highest BCUT2D eigenvalue weighted by atomic mass is 79.9. The van der Waals surface area contributed by atoms with Crippen LogP contribution in [0.1, 0.15) is 72.2 Å². The quantitative estimate of drug-likeness (QED) is 0.140. The second kappa shape index (κ2) is 20.4. The summed E-state index contributed by atoms with van der Waals surface area (Å²) in [7, 11) is 0. The molecular weight excluding hydrogens is 628 g/mol. The molecule has 6 N–H and O–H groups in total. The summed E-state index contributed by atoms with van der Waals surface area (Å²) in [6.07, 6.45) is 10.9. The molecular formula is C41H53BrN4. The summed E-state index contributed by atoms with van der Waals surface area (Å²) in [4.78, 5) is 1.88. The molecule has 0 saturated heterocycles. The Kier molecular flexibility index (Phi) is 17.9. The fraction of sp³-hybridized carbons (Fsp3) is 0.317. The average Bonchev–Trinajstić information content (AvgIpc) is 3.02. The van der Waals surface area contributed by atoms with Crippen LogP contribution in [0.5, 0.6) is 0 Å². The molecule has 4 aromatic rings. The Morgan fingerprint density at radius 3 is 1.54 bits per heavy atom. The van der Waals surface area contributed by atoms with Crippen LogP contribution in [0.15, 0.2) is 108 Å². The fourth-order valence-corrected chi connectivity index (χ4v) is 4.54. The van der Waals surface area contributed by atoms with Gasteiger partial charge in [0, 0.05) is 25.2 Å². The largest absolute Gasteiger partial charge is 0.316 e. The number of benzene rings is 4. The van der Waals surface area contributed by atoms with E-state index >= 15 is 0 Å². The Balaban J connectivity index is 0.000000392. The minimum atomic E-state index is -0.436. The molecule has 0 saturated carbocycles. The van der Waals surface area contributed by atoms with E-state index in [-0.39, 0.29) is 13.5 Å². The number of terminal acetylenes is 1. The van der Waals surface area contributed by atoms with Gasteiger partial charge in [-0.05, 0) is 85.3 Å². The van der Waals surface area contributed by atoms with E-state index in [4.69, 9.17) is 17.9 Å². The third-order valence-corrected chi connectivity index (χ3v) is 7.09. The summed E-state index contributed by atoms with van der Waals surface area (Å²) in [5.41, 5.74) is 12.9. The summed E-state index contributed by atoms with van der Waals surface area (Å²) < 4.78 is 0. The predicted molar refractivity (Wildman–Crippen MR) is 208 cm³/mol. The Morgan fingerprint density at radius 2 is 1.13 bits per heavy atom. The van der Waals surface area contributed by atoms with Gasteiger partial charge in [0.2, 0.25) is 0 Å². The van der Waals surface area contributed by atoms with Crippen molar-refractivity contribution in [1.82, 2.24) is 10.6 Å². The van der Waals surface area contributed by atoms with E-state index in [0.29, 0.717) is 6.04 Å². The topological polar surface area (TPSA) is 76.1 Å². The van der Waals surface area contributed by atoms with E-state index < -0.39 is 11.1 Å². The minimum absolute atomic E-state index is 0. The van der Waals surface area contributed by atoms with Crippen LogP contribution in [0.25, 0.3) is 21.5 Å². The normalized spacial score (nSPS) is 12.5. The summed E-state index contributed by atoms with van der Waals surface area (Å²) in [6, 6.07) is 30.5. The highest BCUT2D eigenvalue weighted by molar-refractivity contribution is 9.11. The van der Waals surface area contributed by atoms with Crippen molar-refractivity contribution in [1.29, 1.82) is 0 Å². The molecule has 4 nitrogen and oxygen atoms in total. The van der Waals surface area contributed by atoms with Crippen LogP contribution in [0, 0.1) is 24.2 Å². The van der Waals surface area contributed by atoms with Crippen LogP contribution in [0.4, 0.5) is 0 Å². The van der Waals surface area contributed by atoms with E-state index in [9.17, 15) is 0 Å². The highest BCUT2D eigenvalue weighted by Gasteiger charge is 2.08. The van der Waals surface area contributed by atoms with Crippen molar-refractivity contribution < 1.29 is 0 Å². The fourth-order valence-electron chi connectivity index (χ4n) is 4.36. The lowest BCUT2D eigenvalue weighted by molar-refractivity contribution is 0.621. The monoisotopic (exact) mass is 680 g/mol. The number of nitrogens with one attached hydrogen (secondary N) is 2. The molecule has 0 fully saturated rings. The first kappa shape index (κ1) is 40.3. The lowest BCUT2D eigenvalue weighted by atomic mass is 10.00. The van der Waals surface area contributed by atoms with Gasteiger partial charge in [0.15, 0.2) is 0 Å². The smallest absolute Gasteiger partial charge is 0.0722 e. The number of allylic oxidation sites excluding steroid dienone is 1. The maximum atomic E-state index is 5.80. The lowest BCUT2D eigenvalue weighted by Crippen LogP contribution is -2.29. The molecule has 0 aliphatic carbocycles. The van der Waals surface area contributed by atoms with Gasteiger partial charge >= 0.3 is 0 Å². The van der Waals surface area contributed by atoms with Crippen molar-refractivity contribution >= 4 is 37.5 Å². The number of hydrogen-bond donors (Lipinski definition) is 4. The van der Waals surface area contributed by atoms with Crippen LogP contribution in [-0.2, 0) is 0 Å². The molecule has 0 spiro atoms. The summed E-state index contributed by atoms with van der Waals surface area (Å²) in [6.45, 7) is 13.4. The van der Waals surface area contributed by atoms with Crippen molar-refractivity contribution in [3.05, 3.63) is 119 Å². The summed E-state index contributed by atoms with van der Waals surface area (Å²) >= 11 is 3.27. The Bertz CT molecular complexity index is 1630. The Morgan fingerprint density at radius 1 is 0.717 bits per heavy atom. The number of halogens is 1. The molecule has 4 aromatic carbocycles. The standard InChI is InChI=1S/C20H24N2.C15H16BrN.C5H9N.CH4/c1-16(22-15-8-4-7-14-20(2,3)21)18-13-9-11-17-10-5-6-12-19(17)18;1-12(17-11-5-10-16)14-9-4-7-13-6-2-3-8-15(13)14;1-4-5(2,3)6;/h4-6,8-13,16,22H,15,21H2,1-3H3;2-10,12,17H,11H2,1H3;1H,6H2,2-3H3;1H4/b8-4+;10-5+;;/t16-;12-;;/m11../s1. The van der Waals surface area contributed by atoms with E-state index in [1.54, 1.807) is 13.8 Å². The SMILES string of the molecule is C.C#CC(C)(C)N.C[C@@H](NC/C=C/Br)c1cccc2ccccc12.C[C@@H](NC/C=C/C#CC(C)(C)N)c1cccc2ccccc12. The van der Waals surface area contributed by atoms with Gasteiger partial charge in [-0.1, -0.05) is 138 Å². The first-order chi connectivity index (χ1) is 21.4. The molecule has 0 aromatic heterocycles. The molecule has 0 unspecified atom stereocenters. The maximum Gasteiger partial charge on any atom is 0.0722 e. The van der Waals surface area contributed by atoms with Crippen molar-refractivity contribution in [2.24, 2.45) is 11.5 Å². The van der Waals surface area contributed by atoms with Gasteiger partial charge in [0.1, 0.15) is 0 Å². The second-order valence-electron chi connectivity index (χ2n) is 12.0. The van der Waals surface area contributed by atoms with Gasteiger partial charge in [0.25, 0.3) is 0 Å². The third kappa shape index (κ3) is 15.1. The minimum Gasteiger partial charge on any atom is -0.316 e. The molecule has 0 aliphatic rings. The van der Waals surface area contributed by atoms with Crippen LogP contribution < -0.4 is 22.1 Å². The molecule has 244 valence electrons. The molecule has 46 heavy (non-hydrogen) atoms. The number of nitrogens with two attached hydrogens (primary N) is 2. The third-order valence-electron chi connectivity index (χ3n) is 6.72. The van der Waals surface area contributed by atoms with Gasteiger partial charge in [-0.3, -0.25) is 0 Å². The first-order valence-electron chi connectivity index (χ1n) is 15.3. The van der Waals surface area contributed by atoms with Crippen molar-refractivity contribution in [2.75, 3.05) is 13.1 Å². The Hall–Kier alpha value is -3.68. The molecule has 0 bridgehead atoms. The van der Waals surface area contributed by atoms with Crippen LogP contribution in [0.3, 0.4) is 0 Å². The van der Waals surface area contributed by atoms with Gasteiger partial charge in [-0.25, -0.2) is 0 Å². The van der Waals surface area contributed by atoms with Crippen molar-refractivity contribution in [3.63, 3.8) is 0 Å². The molecule has 0 heterocycles. The molecule has 4 rings (SSSR count). The molecule has 0 aliphatic heterocycles. The van der Waals surface area contributed by atoms with Crippen LogP contribution in [-0.4, -0.2) is 24.2 Å². The average molecular weight is 682 g/mol. The zero-order valence-electron chi connectivity index (χ0n) is 27.6. The van der Waals surface area contributed by atoms with Gasteiger partial charge in [0.05, 0.1) is 11.1 Å². The van der Waals surface area contributed by atoms with E-state index in [0.717, 1.165) is 13.1 Å². The predicted octanol–water partition coefficient (Wildman–Crippen LogP) is 9.18. The van der Waals surface area contributed by atoms with Crippen LogP contribution >= 0.6 is 15.9 Å². The molecule has 0 amide bonds. The van der Waals surface area contributed by atoms with Gasteiger partial charge < -0.3 is 22.1 Å². The first-order valence-corrected chi connectivity index (χ1v) is 16.2. The number of fused-ring (bicyclic) bond motifs is 2. The maximum absolute atomic E-state index is 5.80. The second-order valence-corrected chi connectivity index (χ2v) is 12.5. The molecule has 0 radical (unpaired) electrons. The van der Waals surface area contributed by atoms with E-state index in [1.165, 1.54) is 32.7 Å². The highest BCUT2D eigenvalue weighted by Crippen LogP contribution is 2.25. The molecule has 2 atom stereocenters. The van der Waals surface area contributed by atoms with Gasteiger partial charge in [-0.2, -0.15) is 0 Å². The van der Waals surface area contributed by atoms with Gasteiger partial charge in [-0.15, -0.1) is 6.42 Å². The van der Waals surface area contributed by atoms with Crippen molar-refractivity contribution in [3.8, 4) is 24.2 Å². The zero-order valence-corrected chi connectivity index (χ0v) is 29.2. The lowest BCUT2D eigenvalue weighted by Gasteiger charge is -2.15. The zero-order chi connectivity index (χ0) is 33.3. The number of rotatable bonds is 8. The summed E-state index contributed by atoms with van der Waals surface area (Å²) in [5, 5.41) is 12.2. The van der Waals surface area contributed by atoms with Crippen LogP contribution in [0.2, 0.25) is 0 Å². The Labute approximate surface area is 287 Å².